The number of hydrogen-bond donors (Lipinski definition) is 2. The number of phenols is 1. The maximum absolute atomic E-state index is 14.0. The Morgan fingerprint density at radius 3 is 2.36 bits per heavy atom. The van der Waals surface area contributed by atoms with Crippen molar-refractivity contribution in [1.82, 2.24) is 0 Å². The number of aromatic hydroxyl groups is 1. The standard InChI is InChI=1S/C17H12FNO5S/c18-14-7-8-15(12-4-2-1-3-11(12)14)19(25(23)24)10-5-6-13(17(21)22)16(20)9-10/h1-9,20H,(H,21,22)(H,23,24)/p-1. The van der Waals surface area contributed by atoms with Gasteiger partial charge in [0.1, 0.15) is 17.1 Å². The SMILES string of the molecule is O=C(O)c1ccc(N(c2ccc(F)c3ccccc23)S(=O)[O-])cc1O. The third-order valence-corrected chi connectivity index (χ3v) is 4.37. The van der Waals surface area contributed by atoms with Crippen LogP contribution in [0.2, 0.25) is 0 Å². The number of rotatable bonds is 4. The van der Waals surface area contributed by atoms with E-state index in [0.717, 1.165) is 22.5 Å². The molecule has 6 nitrogen and oxygen atoms in total. The van der Waals surface area contributed by atoms with Gasteiger partial charge in [0.2, 0.25) is 0 Å². The van der Waals surface area contributed by atoms with E-state index in [1.54, 1.807) is 18.2 Å². The Bertz CT molecular complexity index is 1010. The lowest BCUT2D eigenvalue weighted by Gasteiger charge is -2.28. The van der Waals surface area contributed by atoms with E-state index in [4.69, 9.17) is 5.11 Å². The lowest BCUT2D eigenvalue weighted by molar-refractivity contribution is 0.0694. The molecule has 0 amide bonds. The minimum absolute atomic E-state index is 0.0209. The predicted octanol–water partition coefficient (Wildman–Crippen LogP) is 3.31. The third kappa shape index (κ3) is 3.04. The van der Waals surface area contributed by atoms with Crippen LogP contribution < -0.4 is 4.31 Å². The van der Waals surface area contributed by atoms with Gasteiger partial charge in [-0.1, -0.05) is 24.3 Å². The highest BCUT2D eigenvalue weighted by Crippen LogP contribution is 2.36. The number of aromatic carboxylic acids is 1. The zero-order valence-corrected chi connectivity index (χ0v) is 13.4. The molecule has 128 valence electrons. The fraction of sp³-hybridized carbons (Fsp3) is 0. The second kappa shape index (κ2) is 6.50. The summed E-state index contributed by atoms with van der Waals surface area (Å²) in [6.45, 7) is 0. The summed E-state index contributed by atoms with van der Waals surface area (Å²) in [5.74, 6) is -2.42. The van der Waals surface area contributed by atoms with Crippen molar-refractivity contribution in [2.24, 2.45) is 0 Å². The van der Waals surface area contributed by atoms with Crippen molar-refractivity contribution >= 4 is 39.4 Å². The van der Waals surface area contributed by atoms with E-state index >= 15 is 0 Å². The molecule has 0 radical (unpaired) electrons. The fourth-order valence-corrected chi connectivity index (χ4v) is 3.16. The molecule has 0 aliphatic rings. The molecule has 3 rings (SSSR count). The molecule has 0 bridgehead atoms. The summed E-state index contributed by atoms with van der Waals surface area (Å²) in [5.41, 5.74) is -0.162. The summed E-state index contributed by atoms with van der Waals surface area (Å²) in [7, 11) is 0. The molecule has 0 spiro atoms. The van der Waals surface area contributed by atoms with Gasteiger partial charge in [0, 0.05) is 16.8 Å². The van der Waals surface area contributed by atoms with Crippen LogP contribution in [0, 0.1) is 5.82 Å². The molecule has 0 aliphatic carbocycles. The van der Waals surface area contributed by atoms with E-state index in [-0.39, 0.29) is 22.3 Å². The van der Waals surface area contributed by atoms with Crippen molar-refractivity contribution < 1.29 is 28.2 Å². The molecule has 1 unspecified atom stereocenters. The van der Waals surface area contributed by atoms with Crippen molar-refractivity contribution in [3.05, 3.63) is 66.0 Å². The van der Waals surface area contributed by atoms with E-state index in [1.807, 2.05) is 0 Å². The van der Waals surface area contributed by atoms with Gasteiger partial charge in [0.05, 0.1) is 22.6 Å². The molecular weight excluding hydrogens is 349 g/mol. The van der Waals surface area contributed by atoms with Crippen LogP contribution in [0.5, 0.6) is 5.75 Å². The monoisotopic (exact) mass is 360 g/mol. The number of carboxylic acids is 1. The summed E-state index contributed by atoms with van der Waals surface area (Å²) >= 11 is -2.79. The summed E-state index contributed by atoms with van der Waals surface area (Å²) in [5, 5.41) is 19.4. The Labute approximate surface area is 144 Å². The molecule has 0 saturated heterocycles. The Hall–Kier alpha value is -2.97. The summed E-state index contributed by atoms with van der Waals surface area (Å²) in [6.07, 6.45) is 0. The highest BCUT2D eigenvalue weighted by molar-refractivity contribution is 7.81. The number of carbonyl (C=O) groups is 1. The van der Waals surface area contributed by atoms with Gasteiger partial charge in [0.15, 0.2) is 0 Å². The fourth-order valence-electron chi connectivity index (χ4n) is 2.56. The predicted molar refractivity (Wildman–Crippen MR) is 90.0 cm³/mol. The molecule has 0 heterocycles. The van der Waals surface area contributed by atoms with Crippen LogP contribution >= 0.6 is 0 Å². The zero-order chi connectivity index (χ0) is 18.1. The first-order chi connectivity index (χ1) is 11.9. The van der Waals surface area contributed by atoms with Crippen molar-refractivity contribution in [2.75, 3.05) is 4.31 Å². The zero-order valence-electron chi connectivity index (χ0n) is 12.5. The maximum atomic E-state index is 14.0. The van der Waals surface area contributed by atoms with E-state index < -0.39 is 28.8 Å². The lowest BCUT2D eigenvalue weighted by atomic mass is 10.1. The van der Waals surface area contributed by atoms with Gasteiger partial charge in [-0.25, -0.2) is 9.18 Å². The average molecular weight is 360 g/mol. The van der Waals surface area contributed by atoms with E-state index in [9.17, 15) is 23.1 Å². The molecule has 0 aromatic heterocycles. The van der Waals surface area contributed by atoms with Crippen molar-refractivity contribution in [3.63, 3.8) is 0 Å². The first kappa shape index (κ1) is 16.9. The molecule has 3 aromatic rings. The van der Waals surface area contributed by atoms with Gasteiger partial charge in [-0.05, 0) is 24.3 Å². The molecule has 25 heavy (non-hydrogen) atoms. The Morgan fingerprint density at radius 2 is 1.76 bits per heavy atom. The van der Waals surface area contributed by atoms with Crippen LogP contribution in [-0.4, -0.2) is 24.9 Å². The Kier molecular flexibility index (Phi) is 4.39. The highest BCUT2D eigenvalue weighted by Gasteiger charge is 2.18. The van der Waals surface area contributed by atoms with E-state index in [1.165, 1.54) is 18.2 Å². The minimum Gasteiger partial charge on any atom is -0.755 e. The number of carboxylic acid groups (broad SMARTS) is 1. The topological polar surface area (TPSA) is 101 Å². The molecule has 1 atom stereocenters. The Morgan fingerprint density at radius 1 is 1.08 bits per heavy atom. The molecule has 0 fully saturated rings. The van der Waals surface area contributed by atoms with Gasteiger partial charge in [-0.2, -0.15) is 0 Å². The van der Waals surface area contributed by atoms with Crippen LogP contribution in [0.15, 0.2) is 54.6 Å². The molecule has 0 aliphatic heterocycles. The highest BCUT2D eigenvalue weighted by atomic mass is 32.2. The first-order valence-corrected chi connectivity index (χ1v) is 8.06. The van der Waals surface area contributed by atoms with Gasteiger partial charge in [0.25, 0.3) is 0 Å². The number of fused-ring (bicyclic) bond motifs is 1. The molecule has 2 N–H and O–H groups in total. The number of benzene rings is 3. The third-order valence-electron chi connectivity index (χ3n) is 3.66. The smallest absolute Gasteiger partial charge is 0.339 e. The van der Waals surface area contributed by atoms with Crippen LogP contribution in [0.4, 0.5) is 15.8 Å². The van der Waals surface area contributed by atoms with Crippen molar-refractivity contribution in [1.29, 1.82) is 0 Å². The van der Waals surface area contributed by atoms with Crippen LogP contribution in [-0.2, 0) is 11.3 Å². The lowest BCUT2D eigenvalue weighted by Crippen LogP contribution is -2.20. The summed E-state index contributed by atoms with van der Waals surface area (Å²) in [6, 6.07) is 12.2. The van der Waals surface area contributed by atoms with Crippen LogP contribution in [0.3, 0.4) is 0 Å². The second-order valence-corrected chi connectivity index (χ2v) is 5.93. The maximum Gasteiger partial charge on any atom is 0.339 e. The van der Waals surface area contributed by atoms with Gasteiger partial charge in [-0.15, -0.1) is 0 Å². The first-order valence-electron chi connectivity index (χ1n) is 7.03. The largest absolute Gasteiger partial charge is 0.755 e. The number of hydrogen-bond acceptors (Lipinski definition) is 4. The number of anilines is 2. The van der Waals surface area contributed by atoms with Crippen molar-refractivity contribution in [3.8, 4) is 5.75 Å². The molecular formula is C17H11FNO5S-. The van der Waals surface area contributed by atoms with Crippen LogP contribution in [0.25, 0.3) is 10.8 Å². The second-order valence-electron chi connectivity index (χ2n) is 5.13. The quantitative estimate of drug-likeness (QED) is 0.695. The Balaban J connectivity index is 2.22. The number of halogens is 1. The van der Waals surface area contributed by atoms with Crippen LogP contribution in [0.1, 0.15) is 10.4 Å². The van der Waals surface area contributed by atoms with Gasteiger partial charge >= 0.3 is 5.97 Å². The van der Waals surface area contributed by atoms with Gasteiger partial charge in [-0.3, -0.25) is 8.51 Å². The number of nitrogens with zero attached hydrogens (tertiary/aromatic N) is 1. The summed E-state index contributed by atoms with van der Waals surface area (Å²) in [4.78, 5) is 11.0. The summed E-state index contributed by atoms with van der Waals surface area (Å²) < 4.78 is 38.4. The average Bonchev–Trinajstić information content (AvgIpc) is 2.57. The van der Waals surface area contributed by atoms with Gasteiger partial charge < -0.3 is 14.8 Å². The van der Waals surface area contributed by atoms with Crippen molar-refractivity contribution in [2.45, 2.75) is 0 Å². The normalized spacial score (nSPS) is 12.1. The molecule has 8 heteroatoms. The van der Waals surface area contributed by atoms with E-state index in [0.29, 0.717) is 5.39 Å². The molecule has 0 saturated carbocycles. The molecule has 3 aromatic carbocycles. The van der Waals surface area contributed by atoms with E-state index in [2.05, 4.69) is 0 Å². The minimum atomic E-state index is -2.79.